The quantitative estimate of drug-likeness (QED) is 0.127. The summed E-state index contributed by atoms with van der Waals surface area (Å²) in [4.78, 5) is 78.8. The average Bonchev–Trinajstić information content (AvgIpc) is 3.86. The number of anilines is 1. The van der Waals surface area contributed by atoms with Gasteiger partial charge in [0, 0.05) is 139 Å². The predicted molar refractivity (Wildman–Crippen MR) is 279 cm³/mol. The van der Waals surface area contributed by atoms with Crippen molar-refractivity contribution in [2.24, 2.45) is 13.0 Å². The van der Waals surface area contributed by atoms with Crippen molar-refractivity contribution in [3.63, 3.8) is 0 Å². The minimum absolute atomic E-state index is 0.109. The number of carbonyl (C=O) groups is 3. The summed E-state index contributed by atoms with van der Waals surface area (Å²) < 4.78 is 21.0. The molecule has 15 nitrogen and oxygen atoms in total. The molecular formula is C56H65FN10O5. The van der Waals surface area contributed by atoms with Crippen molar-refractivity contribution in [2.75, 3.05) is 71.3 Å². The number of hydrogen-bond donors (Lipinski definition) is 2. The van der Waals surface area contributed by atoms with E-state index in [-0.39, 0.29) is 35.4 Å². The lowest BCUT2D eigenvalue weighted by molar-refractivity contribution is -0.135. The SMILES string of the molecule is C=Cc1cc(C(=O)N2CCC(CN3CCN(Cc4ccc5c(c4)n(C)c(=O)n5C4CCC(=O)NC4=O)CC3C)CC2)cc(F)c1C1=CCN(CC2=Cc3c(-n4ccc(NC)cc4=O)ccnc3C2CC)CC1. The van der Waals surface area contributed by atoms with Crippen molar-refractivity contribution in [1.82, 2.24) is 43.6 Å². The summed E-state index contributed by atoms with van der Waals surface area (Å²) in [6, 6.07) is 14.2. The summed E-state index contributed by atoms with van der Waals surface area (Å²) in [6.07, 6.45) is 13.4. The van der Waals surface area contributed by atoms with E-state index in [0.29, 0.717) is 66.6 Å². The van der Waals surface area contributed by atoms with Crippen LogP contribution in [0.15, 0.2) is 88.7 Å². The molecular weight excluding hydrogens is 912 g/mol. The summed E-state index contributed by atoms with van der Waals surface area (Å²) >= 11 is 0. The Bertz CT molecular complexity index is 3160. The minimum atomic E-state index is -0.709. The molecule has 10 rings (SSSR count). The second-order valence-electron chi connectivity index (χ2n) is 20.3. The molecule has 3 unspecified atom stereocenters. The minimum Gasteiger partial charge on any atom is -0.388 e. The number of pyridine rings is 2. The third kappa shape index (κ3) is 9.43. The molecule has 16 heteroatoms. The van der Waals surface area contributed by atoms with Gasteiger partial charge in [0.15, 0.2) is 0 Å². The number of hydrogen-bond acceptors (Lipinski definition) is 10. The zero-order chi connectivity index (χ0) is 50.4. The molecule has 0 radical (unpaired) electrons. The maximum absolute atomic E-state index is 16.3. The van der Waals surface area contributed by atoms with E-state index < -0.39 is 17.8 Å². The topological polar surface area (TPSA) is 150 Å². The van der Waals surface area contributed by atoms with Gasteiger partial charge in [-0.05, 0) is 110 Å². The second-order valence-corrected chi connectivity index (χ2v) is 20.3. The molecule has 5 aromatic rings. The van der Waals surface area contributed by atoms with Crippen molar-refractivity contribution in [2.45, 2.75) is 76.9 Å². The van der Waals surface area contributed by atoms with Crippen molar-refractivity contribution in [3.05, 3.63) is 139 Å². The monoisotopic (exact) mass is 977 g/mol. The molecule has 2 N–H and O–H groups in total. The molecule has 3 atom stereocenters. The van der Waals surface area contributed by atoms with Crippen LogP contribution in [0.3, 0.4) is 0 Å². The van der Waals surface area contributed by atoms with E-state index in [2.05, 4.69) is 57.9 Å². The first-order valence-electron chi connectivity index (χ1n) is 25.6. The average molecular weight is 977 g/mol. The fourth-order valence-electron chi connectivity index (χ4n) is 11.9. The molecule has 3 saturated heterocycles. The first kappa shape index (κ1) is 48.9. The highest BCUT2D eigenvalue weighted by atomic mass is 19.1. The molecule has 0 bridgehead atoms. The van der Waals surface area contributed by atoms with Crippen LogP contribution >= 0.6 is 0 Å². The van der Waals surface area contributed by atoms with E-state index in [9.17, 15) is 24.0 Å². The number of piperidine rings is 2. The number of fused-ring (bicyclic) bond motifs is 2. The number of nitrogens with one attached hydrogen (secondary N) is 2. The Labute approximate surface area is 419 Å². The first-order chi connectivity index (χ1) is 34.8. The van der Waals surface area contributed by atoms with Gasteiger partial charge in [-0.1, -0.05) is 31.7 Å². The number of amides is 3. The largest absolute Gasteiger partial charge is 0.388 e. The van der Waals surface area contributed by atoms with E-state index in [1.807, 2.05) is 35.2 Å². The molecule has 1 aliphatic carbocycles. The maximum Gasteiger partial charge on any atom is 0.329 e. The molecule has 5 aliphatic rings. The van der Waals surface area contributed by atoms with Gasteiger partial charge in [-0.2, -0.15) is 0 Å². The number of halogens is 1. The lowest BCUT2D eigenvalue weighted by Crippen LogP contribution is -2.53. The highest BCUT2D eigenvalue weighted by molar-refractivity contribution is 6.00. The van der Waals surface area contributed by atoms with Gasteiger partial charge in [-0.15, -0.1) is 0 Å². The van der Waals surface area contributed by atoms with Gasteiger partial charge in [0.25, 0.3) is 11.5 Å². The van der Waals surface area contributed by atoms with Crippen LogP contribution in [0.4, 0.5) is 10.1 Å². The Morgan fingerprint density at radius 2 is 1.76 bits per heavy atom. The highest BCUT2D eigenvalue weighted by Crippen LogP contribution is 2.41. The molecule has 4 aliphatic heterocycles. The van der Waals surface area contributed by atoms with Crippen molar-refractivity contribution in [3.8, 4) is 5.69 Å². The number of rotatable bonds is 13. The number of aromatic nitrogens is 4. The first-order valence-corrected chi connectivity index (χ1v) is 25.6. The van der Waals surface area contributed by atoms with Crippen molar-refractivity contribution in [1.29, 1.82) is 0 Å². The highest BCUT2D eigenvalue weighted by Gasteiger charge is 2.34. The Morgan fingerprint density at radius 1 is 0.944 bits per heavy atom. The van der Waals surface area contributed by atoms with Gasteiger partial charge in [0.1, 0.15) is 11.9 Å². The van der Waals surface area contributed by atoms with Crippen LogP contribution in [-0.2, 0) is 23.2 Å². The lowest BCUT2D eigenvalue weighted by Gasteiger charge is -2.42. The summed E-state index contributed by atoms with van der Waals surface area (Å²) in [5.41, 5.74) is 9.41. The summed E-state index contributed by atoms with van der Waals surface area (Å²) in [5.74, 6) is -0.695. The molecule has 376 valence electrons. The smallest absolute Gasteiger partial charge is 0.329 e. The summed E-state index contributed by atoms with van der Waals surface area (Å²) in [6.45, 7) is 16.3. The maximum atomic E-state index is 16.3. The van der Waals surface area contributed by atoms with Gasteiger partial charge < -0.3 is 10.2 Å². The van der Waals surface area contributed by atoms with Gasteiger partial charge >= 0.3 is 5.69 Å². The van der Waals surface area contributed by atoms with E-state index in [1.54, 1.807) is 53.8 Å². The van der Waals surface area contributed by atoms with E-state index >= 15 is 4.39 Å². The number of piperazine rings is 1. The van der Waals surface area contributed by atoms with Crippen molar-refractivity contribution < 1.29 is 18.8 Å². The van der Waals surface area contributed by atoms with Gasteiger partial charge in [0.05, 0.1) is 22.4 Å². The Hall–Kier alpha value is -6.75. The second kappa shape index (κ2) is 20.4. The molecule has 3 fully saturated rings. The lowest BCUT2D eigenvalue weighted by atomic mass is 9.91. The van der Waals surface area contributed by atoms with Gasteiger partial charge in [-0.25, -0.2) is 9.18 Å². The van der Waals surface area contributed by atoms with Crippen LogP contribution in [0.2, 0.25) is 0 Å². The summed E-state index contributed by atoms with van der Waals surface area (Å²) in [5, 5.41) is 5.41. The molecule has 7 heterocycles. The van der Waals surface area contributed by atoms with E-state index in [0.717, 1.165) is 104 Å². The Kier molecular flexibility index (Phi) is 13.8. The Balaban J connectivity index is 0.720. The molecule has 0 saturated carbocycles. The fraction of sp³-hybridized carbons (Fsp3) is 0.429. The molecule has 0 spiro atoms. The third-order valence-electron chi connectivity index (χ3n) is 15.9. The van der Waals surface area contributed by atoms with Crippen LogP contribution in [0.5, 0.6) is 0 Å². The number of aryl methyl sites for hydroxylation is 1. The Morgan fingerprint density at radius 3 is 2.47 bits per heavy atom. The van der Waals surface area contributed by atoms with Crippen LogP contribution in [-0.4, -0.2) is 128 Å². The van der Waals surface area contributed by atoms with Gasteiger partial charge in [0.2, 0.25) is 11.8 Å². The van der Waals surface area contributed by atoms with Crippen LogP contribution in [0.1, 0.15) is 103 Å². The zero-order valence-electron chi connectivity index (χ0n) is 41.8. The molecule has 2 aromatic carbocycles. The number of likely N-dealkylation sites (tertiary alicyclic amines) is 1. The van der Waals surface area contributed by atoms with E-state index in [1.165, 1.54) is 16.2 Å². The van der Waals surface area contributed by atoms with Crippen LogP contribution in [0.25, 0.3) is 34.4 Å². The number of imide groups is 1. The number of imidazole rings is 1. The number of benzene rings is 2. The zero-order valence-corrected chi connectivity index (χ0v) is 41.8. The molecule has 72 heavy (non-hydrogen) atoms. The predicted octanol–water partition coefficient (Wildman–Crippen LogP) is 6.43. The number of nitrogens with zero attached hydrogens (tertiary/aromatic N) is 8. The van der Waals surface area contributed by atoms with Gasteiger partial charge in [-0.3, -0.25) is 57.9 Å². The molecule has 3 aromatic heterocycles. The van der Waals surface area contributed by atoms with Crippen molar-refractivity contribution >= 4 is 52.2 Å². The summed E-state index contributed by atoms with van der Waals surface area (Å²) in [7, 11) is 3.52. The third-order valence-corrected chi connectivity index (χ3v) is 15.9. The number of carbonyl (C=O) groups excluding carboxylic acids is 3. The standard InChI is InChI=1S/C56H65FN10O5/c1-6-38-27-40(29-45(57)52(38)39-15-19-62(20-16-39)34-41-28-44-46(12-18-59-53(44)43(41)7-2)66-23-17-42(58-4)30-51(66)69)55(71)64-21-13-36(14-22-64)33-65-25-24-63(31-35(65)3)32-37-8-9-47-49(26-37)61(5)56(72)67(47)48-10-11-50(68)60-54(48)70/h6,8-9,12,15,17-18,23,26-30,35-36,43,48,58H,1,7,10-11,13-14,16,19-22,24-25,31-34H2,2-5H3,(H,60,68,70). The fourth-order valence-corrected chi connectivity index (χ4v) is 11.9. The normalized spacial score (nSPS) is 21.4. The van der Waals surface area contributed by atoms with Crippen LogP contribution in [0, 0.1) is 11.7 Å². The molecule has 3 amide bonds. The van der Waals surface area contributed by atoms with Crippen LogP contribution < -0.4 is 21.9 Å². The van der Waals surface area contributed by atoms with E-state index in [4.69, 9.17) is 4.98 Å².